The molecular formula is C30H36ClN3O6S. The summed E-state index contributed by atoms with van der Waals surface area (Å²) in [6, 6.07) is 16.9. The van der Waals surface area contributed by atoms with Gasteiger partial charge in [0.25, 0.3) is 10.0 Å². The SMILES string of the molecule is COc1ccc(CN(C(=O)CN(c2ccc(OC)c(Cl)c2)S(=O)(=O)c2ccc(C)cc2)[C@@H](C)C(=O)NC(C)C)cc1. The number of hydrogen-bond donors (Lipinski definition) is 1. The fourth-order valence-corrected chi connectivity index (χ4v) is 5.75. The maximum absolute atomic E-state index is 14.0. The number of methoxy groups -OCH3 is 2. The van der Waals surface area contributed by atoms with E-state index < -0.39 is 28.5 Å². The van der Waals surface area contributed by atoms with Gasteiger partial charge in [-0.05, 0) is 75.7 Å². The molecule has 1 atom stereocenters. The van der Waals surface area contributed by atoms with Crippen LogP contribution in [-0.4, -0.2) is 58.0 Å². The van der Waals surface area contributed by atoms with Crippen LogP contribution in [0.25, 0.3) is 0 Å². The number of anilines is 1. The quantitative estimate of drug-likeness (QED) is 0.320. The molecule has 0 saturated heterocycles. The monoisotopic (exact) mass is 601 g/mol. The largest absolute Gasteiger partial charge is 0.497 e. The summed E-state index contributed by atoms with van der Waals surface area (Å²) in [5.74, 6) is 0.0654. The van der Waals surface area contributed by atoms with Gasteiger partial charge in [-0.3, -0.25) is 13.9 Å². The molecule has 0 aliphatic carbocycles. The van der Waals surface area contributed by atoms with E-state index in [0.29, 0.717) is 11.5 Å². The van der Waals surface area contributed by atoms with Gasteiger partial charge in [0.1, 0.15) is 24.1 Å². The Bertz CT molecular complexity index is 1460. The molecule has 0 aliphatic rings. The molecule has 1 N–H and O–H groups in total. The van der Waals surface area contributed by atoms with Gasteiger partial charge in [-0.1, -0.05) is 41.4 Å². The van der Waals surface area contributed by atoms with Crippen molar-refractivity contribution in [3.63, 3.8) is 0 Å². The van der Waals surface area contributed by atoms with Gasteiger partial charge in [-0.25, -0.2) is 8.42 Å². The van der Waals surface area contributed by atoms with E-state index >= 15 is 0 Å². The van der Waals surface area contributed by atoms with E-state index in [1.54, 1.807) is 50.4 Å². The van der Waals surface area contributed by atoms with E-state index in [9.17, 15) is 18.0 Å². The lowest BCUT2D eigenvalue weighted by molar-refractivity contribution is -0.139. The van der Waals surface area contributed by atoms with Crippen LogP contribution in [0.1, 0.15) is 31.9 Å². The van der Waals surface area contributed by atoms with Crippen LogP contribution in [0, 0.1) is 6.92 Å². The first-order valence-electron chi connectivity index (χ1n) is 13.0. The van der Waals surface area contributed by atoms with Crippen molar-refractivity contribution in [2.24, 2.45) is 0 Å². The number of sulfonamides is 1. The van der Waals surface area contributed by atoms with Crippen LogP contribution in [0.4, 0.5) is 5.69 Å². The second-order valence-corrected chi connectivity index (χ2v) is 12.1. The summed E-state index contributed by atoms with van der Waals surface area (Å²) in [6.07, 6.45) is 0. The number of hydrogen-bond acceptors (Lipinski definition) is 6. The minimum absolute atomic E-state index is 0.00939. The molecule has 3 rings (SSSR count). The molecule has 3 aromatic rings. The second-order valence-electron chi connectivity index (χ2n) is 9.85. The number of halogens is 1. The number of amides is 2. The van der Waals surface area contributed by atoms with E-state index in [-0.39, 0.29) is 34.1 Å². The molecule has 0 unspecified atom stereocenters. The number of aryl methyl sites for hydroxylation is 1. The van der Waals surface area contributed by atoms with Crippen molar-refractivity contribution in [2.45, 2.75) is 51.2 Å². The Balaban J connectivity index is 2.06. The molecule has 0 fully saturated rings. The molecule has 0 bridgehead atoms. The van der Waals surface area contributed by atoms with Crippen LogP contribution in [-0.2, 0) is 26.2 Å². The smallest absolute Gasteiger partial charge is 0.264 e. The van der Waals surface area contributed by atoms with E-state index in [2.05, 4.69) is 5.32 Å². The predicted octanol–water partition coefficient (Wildman–Crippen LogP) is 4.80. The zero-order valence-corrected chi connectivity index (χ0v) is 25.6. The Kier molecular flexibility index (Phi) is 10.6. The predicted molar refractivity (Wildman–Crippen MR) is 160 cm³/mol. The molecule has 9 nitrogen and oxygen atoms in total. The van der Waals surface area contributed by atoms with Crippen molar-refractivity contribution in [2.75, 3.05) is 25.1 Å². The Morgan fingerprint density at radius 1 is 0.927 bits per heavy atom. The van der Waals surface area contributed by atoms with Gasteiger partial charge in [0.15, 0.2) is 0 Å². The summed E-state index contributed by atoms with van der Waals surface area (Å²) in [5, 5.41) is 3.01. The highest BCUT2D eigenvalue weighted by Crippen LogP contribution is 2.32. The van der Waals surface area contributed by atoms with E-state index in [1.807, 2.05) is 20.8 Å². The highest BCUT2D eigenvalue weighted by Gasteiger charge is 2.33. The molecule has 3 aromatic carbocycles. The number of nitrogens with one attached hydrogen (secondary N) is 1. The van der Waals surface area contributed by atoms with Crippen molar-refractivity contribution in [3.8, 4) is 11.5 Å². The summed E-state index contributed by atoms with van der Waals surface area (Å²) in [6.45, 7) is 6.60. The molecule has 0 aromatic heterocycles. The zero-order chi connectivity index (χ0) is 30.3. The van der Waals surface area contributed by atoms with Crippen molar-refractivity contribution >= 4 is 39.1 Å². The van der Waals surface area contributed by atoms with Crippen molar-refractivity contribution in [3.05, 3.63) is 82.9 Å². The molecule has 41 heavy (non-hydrogen) atoms. The summed E-state index contributed by atoms with van der Waals surface area (Å²) in [4.78, 5) is 28.4. The first-order valence-corrected chi connectivity index (χ1v) is 14.8. The number of rotatable bonds is 12. The van der Waals surface area contributed by atoms with Gasteiger partial charge in [-0.15, -0.1) is 0 Å². The van der Waals surface area contributed by atoms with Gasteiger partial charge >= 0.3 is 0 Å². The Morgan fingerprint density at radius 2 is 1.56 bits per heavy atom. The molecule has 220 valence electrons. The van der Waals surface area contributed by atoms with Crippen molar-refractivity contribution in [1.82, 2.24) is 10.2 Å². The third kappa shape index (κ3) is 7.92. The third-order valence-electron chi connectivity index (χ3n) is 6.42. The summed E-state index contributed by atoms with van der Waals surface area (Å²) in [7, 11) is -1.21. The highest BCUT2D eigenvalue weighted by molar-refractivity contribution is 7.92. The van der Waals surface area contributed by atoms with Crippen molar-refractivity contribution < 1.29 is 27.5 Å². The molecular weight excluding hydrogens is 566 g/mol. The molecule has 0 radical (unpaired) electrons. The first kappa shape index (κ1) is 31.8. The van der Waals surface area contributed by atoms with Crippen LogP contribution < -0.4 is 19.1 Å². The second kappa shape index (κ2) is 13.7. The van der Waals surface area contributed by atoms with Crippen LogP contribution in [0.15, 0.2) is 71.6 Å². The van der Waals surface area contributed by atoms with Gasteiger partial charge in [-0.2, -0.15) is 0 Å². The molecule has 0 spiro atoms. The minimum Gasteiger partial charge on any atom is -0.497 e. The lowest BCUT2D eigenvalue weighted by atomic mass is 10.1. The molecule has 11 heteroatoms. The van der Waals surface area contributed by atoms with Gasteiger partial charge in [0, 0.05) is 12.6 Å². The number of nitrogens with zero attached hydrogens (tertiary/aromatic N) is 2. The average molecular weight is 602 g/mol. The Morgan fingerprint density at radius 3 is 2.10 bits per heavy atom. The fraction of sp³-hybridized carbons (Fsp3) is 0.333. The van der Waals surface area contributed by atoms with E-state index in [4.69, 9.17) is 21.1 Å². The molecule has 0 saturated carbocycles. The highest BCUT2D eigenvalue weighted by atomic mass is 35.5. The lowest BCUT2D eigenvalue weighted by Crippen LogP contribution is -2.52. The number of carbonyl (C=O) groups excluding carboxylic acids is 2. The van der Waals surface area contributed by atoms with Gasteiger partial charge in [0.05, 0.1) is 29.8 Å². The standard InChI is InChI=1S/C30H36ClN3O6S/c1-20(2)32-30(36)22(4)33(18-23-9-12-25(39-5)13-10-23)29(35)19-34(24-11-16-28(40-6)27(31)17-24)41(37,38)26-14-7-21(3)8-15-26/h7-17,20,22H,18-19H2,1-6H3,(H,32,36)/t22-/m0/s1. The van der Waals surface area contributed by atoms with Crippen LogP contribution in [0.2, 0.25) is 5.02 Å². The van der Waals surface area contributed by atoms with Crippen LogP contribution in [0.3, 0.4) is 0 Å². The Labute approximate surface area is 247 Å². The maximum Gasteiger partial charge on any atom is 0.264 e. The third-order valence-corrected chi connectivity index (χ3v) is 8.50. The lowest BCUT2D eigenvalue weighted by Gasteiger charge is -2.32. The minimum atomic E-state index is -4.21. The molecule has 2 amide bonds. The van der Waals surface area contributed by atoms with E-state index in [1.165, 1.54) is 42.3 Å². The number of carbonyl (C=O) groups is 2. The van der Waals surface area contributed by atoms with Crippen LogP contribution in [0.5, 0.6) is 11.5 Å². The zero-order valence-electron chi connectivity index (χ0n) is 24.0. The molecule has 0 heterocycles. The fourth-order valence-electron chi connectivity index (χ4n) is 4.09. The van der Waals surface area contributed by atoms with Gasteiger partial charge < -0.3 is 19.7 Å². The summed E-state index contributed by atoms with van der Waals surface area (Å²) in [5.41, 5.74) is 1.80. The van der Waals surface area contributed by atoms with Crippen molar-refractivity contribution in [1.29, 1.82) is 0 Å². The Hall–Kier alpha value is -3.76. The number of ether oxygens (including phenoxy) is 2. The normalized spacial score (nSPS) is 12.0. The summed E-state index contributed by atoms with van der Waals surface area (Å²) >= 11 is 6.36. The average Bonchev–Trinajstić information content (AvgIpc) is 2.94. The van der Waals surface area contributed by atoms with E-state index in [0.717, 1.165) is 15.4 Å². The van der Waals surface area contributed by atoms with Gasteiger partial charge in [0.2, 0.25) is 11.8 Å². The first-order chi connectivity index (χ1) is 19.4. The summed E-state index contributed by atoms with van der Waals surface area (Å²) < 4.78 is 39.3. The topological polar surface area (TPSA) is 105 Å². The number of benzene rings is 3. The van der Waals surface area contributed by atoms with Crippen LogP contribution >= 0.6 is 11.6 Å². The maximum atomic E-state index is 14.0. The molecule has 0 aliphatic heterocycles.